The lowest BCUT2D eigenvalue weighted by Gasteiger charge is -2.26. The van der Waals surface area contributed by atoms with Crippen molar-refractivity contribution in [3.8, 4) is 23.3 Å². The number of aromatic hydroxyl groups is 2. The molecule has 3 aromatic heterocycles. The number of halogens is 1. The third kappa shape index (κ3) is 2.90. The highest BCUT2D eigenvalue weighted by molar-refractivity contribution is 7.16. The zero-order valence-corrected chi connectivity index (χ0v) is 19.1. The second kappa shape index (κ2) is 7.07. The molecule has 4 aromatic rings. The van der Waals surface area contributed by atoms with Gasteiger partial charge in [-0.3, -0.25) is 4.57 Å². The Kier molecular flexibility index (Phi) is 4.44. The number of hydrogen-bond donors (Lipinski definition) is 3. The molecular formula is C23H20ClN3O5S. The van der Waals surface area contributed by atoms with E-state index in [0.717, 1.165) is 10.2 Å². The van der Waals surface area contributed by atoms with Gasteiger partial charge in [-0.25, -0.2) is 9.97 Å². The number of nitrogens with zero attached hydrogens (tertiary/aromatic N) is 3. The summed E-state index contributed by atoms with van der Waals surface area (Å²) in [5.41, 5.74) is 1.95. The first-order valence-corrected chi connectivity index (χ1v) is 11.7. The van der Waals surface area contributed by atoms with E-state index in [0.29, 0.717) is 34.1 Å². The Morgan fingerprint density at radius 2 is 2.03 bits per heavy atom. The van der Waals surface area contributed by atoms with Gasteiger partial charge in [-0.2, -0.15) is 0 Å². The van der Waals surface area contributed by atoms with Crippen LogP contribution in [0.1, 0.15) is 30.9 Å². The number of hydrogen-bond acceptors (Lipinski definition) is 8. The third-order valence-electron chi connectivity index (χ3n) is 6.67. The van der Waals surface area contributed by atoms with Crippen LogP contribution < -0.4 is 4.74 Å². The molecule has 6 rings (SSSR count). The van der Waals surface area contributed by atoms with E-state index in [-0.39, 0.29) is 24.8 Å². The molecule has 170 valence electrons. The molecule has 33 heavy (non-hydrogen) atoms. The van der Waals surface area contributed by atoms with Crippen LogP contribution in [-0.4, -0.2) is 42.6 Å². The number of rotatable bonds is 5. The van der Waals surface area contributed by atoms with Crippen LogP contribution in [0.15, 0.2) is 42.0 Å². The van der Waals surface area contributed by atoms with E-state index >= 15 is 0 Å². The first kappa shape index (κ1) is 20.7. The molecule has 2 aliphatic rings. The van der Waals surface area contributed by atoms with E-state index in [1.165, 1.54) is 22.1 Å². The van der Waals surface area contributed by atoms with Gasteiger partial charge in [0.1, 0.15) is 11.2 Å². The quantitative estimate of drug-likeness (QED) is 0.388. The van der Waals surface area contributed by atoms with Crippen LogP contribution in [0.3, 0.4) is 0 Å². The van der Waals surface area contributed by atoms with Crippen molar-refractivity contribution in [1.82, 2.24) is 14.5 Å². The lowest BCUT2D eigenvalue weighted by atomic mass is 9.76. The molecule has 2 aliphatic heterocycles. The Morgan fingerprint density at radius 1 is 1.21 bits per heavy atom. The molecule has 10 heteroatoms. The van der Waals surface area contributed by atoms with E-state index in [1.807, 2.05) is 12.1 Å². The normalized spacial score (nSPS) is 25.6. The number of aliphatic hydroxyl groups is 1. The van der Waals surface area contributed by atoms with Crippen molar-refractivity contribution in [1.29, 1.82) is 0 Å². The second-order valence-corrected chi connectivity index (χ2v) is 9.90. The SMILES string of the molecule is CC12OC(CCOc3ccc(Cl)cn3)(C[C@@H]1O)c1c2c(O)n(-c2ccc3ncsc3c2)c1O. The predicted octanol–water partition coefficient (Wildman–Crippen LogP) is 4.22. The zero-order valence-electron chi connectivity index (χ0n) is 17.5. The van der Waals surface area contributed by atoms with Gasteiger partial charge in [-0.1, -0.05) is 11.6 Å². The fourth-order valence-corrected chi connectivity index (χ4v) is 5.94. The predicted molar refractivity (Wildman–Crippen MR) is 122 cm³/mol. The molecule has 3 N–H and O–H groups in total. The maximum absolute atomic E-state index is 11.3. The summed E-state index contributed by atoms with van der Waals surface area (Å²) in [5.74, 6) is 0.166. The van der Waals surface area contributed by atoms with Gasteiger partial charge in [0.2, 0.25) is 17.6 Å². The maximum atomic E-state index is 11.3. The standard InChI is InChI=1S/C23H20ClN3O5S/c1-22-16(28)9-23(32-22,6-7-31-17-5-2-12(24)10-25-17)19-18(22)20(29)27(21(19)30)13-3-4-14-15(8-13)33-11-26-14/h2-5,8,10-11,16,28-30H,6-7,9H2,1H3/t16-,22?,23?/m0/s1. The van der Waals surface area contributed by atoms with E-state index in [4.69, 9.17) is 21.1 Å². The third-order valence-corrected chi connectivity index (χ3v) is 7.68. The smallest absolute Gasteiger partial charge is 0.213 e. The lowest BCUT2D eigenvalue weighted by Crippen LogP contribution is -2.33. The van der Waals surface area contributed by atoms with Gasteiger partial charge in [0.05, 0.1) is 50.3 Å². The molecule has 1 saturated heterocycles. The fourth-order valence-electron chi connectivity index (χ4n) is 5.12. The highest BCUT2D eigenvalue weighted by Crippen LogP contribution is 2.65. The average molecular weight is 486 g/mol. The van der Waals surface area contributed by atoms with Crippen LogP contribution in [0.25, 0.3) is 15.9 Å². The molecule has 2 unspecified atom stereocenters. The van der Waals surface area contributed by atoms with Crippen molar-refractivity contribution in [2.24, 2.45) is 0 Å². The minimum Gasteiger partial charge on any atom is -0.494 e. The molecule has 3 atom stereocenters. The summed E-state index contributed by atoms with van der Waals surface area (Å²) in [6.45, 7) is 1.97. The molecule has 8 nitrogen and oxygen atoms in total. The molecule has 0 spiro atoms. The van der Waals surface area contributed by atoms with Crippen molar-refractivity contribution in [3.63, 3.8) is 0 Å². The van der Waals surface area contributed by atoms with Crippen molar-refractivity contribution >= 4 is 33.2 Å². The summed E-state index contributed by atoms with van der Waals surface area (Å²) >= 11 is 7.35. The Morgan fingerprint density at radius 3 is 2.82 bits per heavy atom. The van der Waals surface area contributed by atoms with Gasteiger partial charge < -0.3 is 24.8 Å². The Labute approximate surface area is 197 Å². The van der Waals surface area contributed by atoms with Gasteiger partial charge in [0, 0.05) is 25.1 Å². The van der Waals surface area contributed by atoms with Crippen molar-refractivity contribution in [3.05, 3.63) is 58.2 Å². The molecule has 0 saturated carbocycles. The molecular weight excluding hydrogens is 466 g/mol. The average Bonchev–Trinajstić information content (AvgIpc) is 3.48. The van der Waals surface area contributed by atoms with Crippen LogP contribution in [0.2, 0.25) is 5.02 Å². The van der Waals surface area contributed by atoms with Gasteiger partial charge in [-0.05, 0) is 31.2 Å². The van der Waals surface area contributed by atoms with Crippen molar-refractivity contribution in [2.75, 3.05) is 6.61 Å². The van der Waals surface area contributed by atoms with Crippen molar-refractivity contribution in [2.45, 2.75) is 37.1 Å². The molecule has 0 radical (unpaired) electrons. The Bertz CT molecular complexity index is 1390. The monoisotopic (exact) mass is 485 g/mol. The number of fused-ring (bicyclic) bond motifs is 6. The summed E-state index contributed by atoms with van der Waals surface area (Å²) in [6.07, 6.45) is 1.28. The second-order valence-electron chi connectivity index (χ2n) is 8.57. The summed E-state index contributed by atoms with van der Waals surface area (Å²) in [4.78, 5) is 8.41. The molecule has 5 heterocycles. The number of benzene rings is 1. The summed E-state index contributed by atoms with van der Waals surface area (Å²) in [5, 5.41) is 33.9. The first-order valence-electron chi connectivity index (χ1n) is 10.5. The molecule has 1 aromatic carbocycles. The van der Waals surface area contributed by atoms with E-state index in [1.54, 1.807) is 30.6 Å². The number of ether oxygens (including phenoxy) is 2. The van der Waals surface area contributed by atoms with Crippen molar-refractivity contribution < 1.29 is 24.8 Å². The summed E-state index contributed by atoms with van der Waals surface area (Å²) in [6, 6.07) is 8.86. The first-order chi connectivity index (χ1) is 15.8. The van der Waals surface area contributed by atoms with E-state index in [2.05, 4.69) is 9.97 Å². The number of thiazole rings is 1. The topological polar surface area (TPSA) is 110 Å². The minimum atomic E-state index is -1.14. The van der Waals surface area contributed by atoms with Crippen LogP contribution in [0.4, 0.5) is 0 Å². The highest BCUT2D eigenvalue weighted by Gasteiger charge is 2.66. The number of pyridine rings is 1. The molecule has 0 aliphatic carbocycles. The van der Waals surface area contributed by atoms with Crippen LogP contribution in [0, 0.1) is 0 Å². The van der Waals surface area contributed by atoms with Gasteiger partial charge >= 0.3 is 0 Å². The van der Waals surface area contributed by atoms with Crippen LogP contribution >= 0.6 is 22.9 Å². The van der Waals surface area contributed by atoms with E-state index in [9.17, 15) is 15.3 Å². The Balaban J connectivity index is 1.39. The van der Waals surface area contributed by atoms with Gasteiger partial charge in [0.25, 0.3) is 0 Å². The lowest BCUT2D eigenvalue weighted by molar-refractivity contribution is -0.107. The fraction of sp³-hybridized carbons (Fsp3) is 0.304. The number of aromatic nitrogens is 3. The van der Waals surface area contributed by atoms with E-state index < -0.39 is 17.3 Å². The molecule has 1 fully saturated rings. The van der Waals surface area contributed by atoms with Crippen LogP contribution in [0.5, 0.6) is 17.6 Å². The van der Waals surface area contributed by atoms with Crippen LogP contribution in [-0.2, 0) is 15.9 Å². The number of aliphatic hydroxyl groups excluding tert-OH is 1. The highest BCUT2D eigenvalue weighted by atomic mass is 35.5. The van der Waals surface area contributed by atoms with Gasteiger partial charge in [-0.15, -0.1) is 11.3 Å². The maximum Gasteiger partial charge on any atom is 0.213 e. The summed E-state index contributed by atoms with van der Waals surface area (Å²) in [7, 11) is 0. The molecule has 0 amide bonds. The molecule has 2 bridgehead atoms. The zero-order chi connectivity index (χ0) is 23.0. The largest absolute Gasteiger partial charge is 0.494 e. The van der Waals surface area contributed by atoms with Gasteiger partial charge in [0.15, 0.2) is 0 Å². The minimum absolute atomic E-state index is 0.105. The Hall–Kier alpha value is -2.85. The summed E-state index contributed by atoms with van der Waals surface area (Å²) < 4.78 is 14.4.